The summed E-state index contributed by atoms with van der Waals surface area (Å²) >= 11 is 0. The van der Waals surface area contributed by atoms with Crippen molar-refractivity contribution in [3.05, 3.63) is 65.4 Å². The average molecular weight is 491 g/mol. The molecule has 190 valence electrons. The van der Waals surface area contributed by atoms with E-state index in [1.165, 1.54) is 0 Å². The second-order valence-corrected chi connectivity index (χ2v) is 10.1. The van der Waals surface area contributed by atoms with E-state index < -0.39 is 0 Å². The van der Waals surface area contributed by atoms with Crippen molar-refractivity contribution in [2.75, 3.05) is 25.2 Å². The van der Waals surface area contributed by atoms with Crippen LogP contribution < -0.4 is 14.8 Å². The molecule has 2 amide bonds. The Kier molecular flexibility index (Phi) is 7.33. The molecule has 0 unspecified atom stereocenters. The minimum absolute atomic E-state index is 0.0723. The smallest absolute Gasteiger partial charge is 0.254 e. The standard InChI is InChI=1S/C28H34N4O4/c1-6-7-14-31(27(34)20-12-13-22-23(15-20)36-18-35-22)17-26(33)29-25-16-24(28(3,4)5)30-32(25)21-11-9-8-10-19(21)2/h8-13,15-16H,6-7,14,17-18H2,1-5H3,(H,29,33). The number of para-hydroxylation sites is 1. The number of benzene rings is 2. The molecule has 1 aliphatic heterocycles. The number of aryl methyl sites for hydroxylation is 1. The molecule has 1 aliphatic rings. The highest BCUT2D eigenvalue weighted by molar-refractivity contribution is 5.99. The van der Waals surface area contributed by atoms with Gasteiger partial charge in [-0.05, 0) is 43.2 Å². The van der Waals surface area contributed by atoms with Crippen LogP contribution in [0, 0.1) is 6.92 Å². The van der Waals surface area contributed by atoms with Gasteiger partial charge in [0.2, 0.25) is 12.7 Å². The van der Waals surface area contributed by atoms with Crippen LogP contribution >= 0.6 is 0 Å². The van der Waals surface area contributed by atoms with Gasteiger partial charge in [0.1, 0.15) is 12.4 Å². The van der Waals surface area contributed by atoms with Gasteiger partial charge in [-0.3, -0.25) is 9.59 Å². The first kappa shape index (κ1) is 25.3. The number of anilines is 1. The molecule has 0 saturated heterocycles. The Morgan fingerprint density at radius 2 is 1.83 bits per heavy atom. The fourth-order valence-electron chi connectivity index (χ4n) is 3.99. The maximum absolute atomic E-state index is 13.3. The molecule has 0 spiro atoms. The first-order valence-electron chi connectivity index (χ1n) is 12.3. The van der Waals surface area contributed by atoms with Crippen molar-refractivity contribution in [3.63, 3.8) is 0 Å². The highest BCUT2D eigenvalue weighted by Gasteiger charge is 2.25. The van der Waals surface area contributed by atoms with E-state index in [-0.39, 0.29) is 30.6 Å². The van der Waals surface area contributed by atoms with Gasteiger partial charge < -0.3 is 19.7 Å². The monoisotopic (exact) mass is 490 g/mol. The molecule has 0 aliphatic carbocycles. The molecule has 8 heteroatoms. The molecular weight excluding hydrogens is 456 g/mol. The number of ether oxygens (including phenoxy) is 2. The highest BCUT2D eigenvalue weighted by Crippen LogP contribution is 2.33. The molecule has 8 nitrogen and oxygen atoms in total. The van der Waals surface area contributed by atoms with Gasteiger partial charge in [-0.2, -0.15) is 5.10 Å². The Morgan fingerprint density at radius 3 is 2.56 bits per heavy atom. The van der Waals surface area contributed by atoms with Crippen molar-refractivity contribution in [1.82, 2.24) is 14.7 Å². The zero-order valence-electron chi connectivity index (χ0n) is 21.6. The first-order chi connectivity index (χ1) is 17.2. The van der Waals surface area contributed by atoms with Crippen LogP contribution in [0.1, 0.15) is 62.2 Å². The molecule has 0 bridgehead atoms. The summed E-state index contributed by atoms with van der Waals surface area (Å²) in [6.07, 6.45) is 1.69. The van der Waals surface area contributed by atoms with Gasteiger partial charge in [0.05, 0.1) is 11.4 Å². The summed E-state index contributed by atoms with van der Waals surface area (Å²) in [6, 6.07) is 14.9. The van der Waals surface area contributed by atoms with Gasteiger partial charge in [0.15, 0.2) is 11.5 Å². The SMILES string of the molecule is CCCCN(CC(=O)Nc1cc(C(C)(C)C)nn1-c1ccccc1C)C(=O)c1ccc2c(c1)OCO2. The number of hydrogen-bond donors (Lipinski definition) is 1. The minimum atomic E-state index is -0.282. The van der Waals surface area contributed by atoms with Crippen LogP contribution in [-0.2, 0) is 10.2 Å². The Morgan fingerprint density at radius 1 is 1.08 bits per heavy atom. The molecule has 0 fully saturated rings. The van der Waals surface area contributed by atoms with Crippen molar-refractivity contribution in [1.29, 1.82) is 0 Å². The molecule has 36 heavy (non-hydrogen) atoms. The van der Waals surface area contributed by atoms with Crippen LogP contribution in [0.4, 0.5) is 5.82 Å². The zero-order valence-corrected chi connectivity index (χ0v) is 21.6. The topological polar surface area (TPSA) is 85.7 Å². The van der Waals surface area contributed by atoms with E-state index in [1.54, 1.807) is 27.8 Å². The van der Waals surface area contributed by atoms with Crippen LogP contribution in [0.25, 0.3) is 5.69 Å². The number of rotatable bonds is 8. The van der Waals surface area contributed by atoms with Crippen molar-refractivity contribution < 1.29 is 19.1 Å². The van der Waals surface area contributed by atoms with E-state index in [1.807, 2.05) is 37.3 Å². The Bertz CT molecular complexity index is 1260. The van der Waals surface area contributed by atoms with Gasteiger partial charge >= 0.3 is 0 Å². The number of amides is 2. The van der Waals surface area contributed by atoms with Crippen molar-refractivity contribution in [2.24, 2.45) is 0 Å². The largest absolute Gasteiger partial charge is 0.454 e. The summed E-state index contributed by atoms with van der Waals surface area (Å²) in [5.74, 6) is 1.22. The number of unbranched alkanes of at least 4 members (excludes halogenated alkanes) is 1. The van der Waals surface area contributed by atoms with Gasteiger partial charge in [0, 0.05) is 23.6 Å². The molecule has 1 N–H and O–H groups in total. The lowest BCUT2D eigenvalue weighted by molar-refractivity contribution is -0.117. The van der Waals surface area contributed by atoms with Crippen molar-refractivity contribution >= 4 is 17.6 Å². The predicted octanol–water partition coefficient (Wildman–Crippen LogP) is 5.09. The molecule has 0 radical (unpaired) electrons. The summed E-state index contributed by atoms with van der Waals surface area (Å²) in [7, 11) is 0. The van der Waals surface area contributed by atoms with E-state index >= 15 is 0 Å². The van der Waals surface area contributed by atoms with E-state index in [2.05, 4.69) is 33.0 Å². The van der Waals surface area contributed by atoms with E-state index in [4.69, 9.17) is 14.6 Å². The third kappa shape index (κ3) is 5.53. The summed E-state index contributed by atoms with van der Waals surface area (Å²) in [5, 5.41) is 7.81. The van der Waals surface area contributed by atoms with E-state index in [9.17, 15) is 9.59 Å². The normalized spacial score (nSPS) is 12.5. The number of hydrogen-bond acceptors (Lipinski definition) is 5. The zero-order chi connectivity index (χ0) is 25.9. The fraction of sp³-hybridized carbons (Fsp3) is 0.393. The van der Waals surface area contributed by atoms with Crippen molar-refractivity contribution in [2.45, 2.75) is 52.9 Å². The third-order valence-electron chi connectivity index (χ3n) is 6.11. The lowest BCUT2D eigenvalue weighted by Crippen LogP contribution is -2.39. The summed E-state index contributed by atoms with van der Waals surface area (Å²) in [4.78, 5) is 28.2. The molecule has 2 heterocycles. The molecule has 0 atom stereocenters. The lowest BCUT2D eigenvalue weighted by atomic mass is 9.92. The van der Waals surface area contributed by atoms with Crippen LogP contribution in [0.15, 0.2) is 48.5 Å². The maximum atomic E-state index is 13.3. The molecule has 1 aromatic heterocycles. The first-order valence-corrected chi connectivity index (χ1v) is 12.3. The molecular formula is C28H34N4O4. The van der Waals surface area contributed by atoms with Gasteiger partial charge in [-0.15, -0.1) is 0 Å². The Labute approximate surface area is 212 Å². The summed E-state index contributed by atoms with van der Waals surface area (Å²) < 4.78 is 12.5. The number of carbonyl (C=O) groups excluding carboxylic acids is 2. The summed E-state index contributed by atoms with van der Waals surface area (Å²) in [5.41, 5.74) is 3.06. The number of aromatic nitrogens is 2. The number of nitrogens with one attached hydrogen (secondary N) is 1. The predicted molar refractivity (Wildman–Crippen MR) is 139 cm³/mol. The highest BCUT2D eigenvalue weighted by atomic mass is 16.7. The van der Waals surface area contributed by atoms with E-state index in [0.29, 0.717) is 29.4 Å². The summed E-state index contributed by atoms with van der Waals surface area (Å²) in [6.45, 7) is 10.9. The van der Waals surface area contributed by atoms with Crippen LogP contribution in [-0.4, -0.2) is 46.4 Å². The number of fused-ring (bicyclic) bond motifs is 1. The van der Waals surface area contributed by atoms with Gasteiger partial charge in [0.25, 0.3) is 5.91 Å². The molecule has 3 aromatic rings. The fourth-order valence-corrected chi connectivity index (χ4v) is 3.99. The van der Waals surface area contributed by atoms with Crippen molar-refractivity contribution in [3.8, 4) is 17.2 Å². The van der Waals surface area contributed by atoms with Crippen LogP contribution in [0.2, 0.25) is 0 Å². The number of carbonyl (C=O) groups is 2. The molecule has 4 rings (SSSR count). The van der Waals surface area contributed by atoms with Crippen LogP contribution in [0.3, 0.4) is 0 Å². The second kappa shape index (κ2) is 10.4. The Hall–Kier alpha value is -3.81. The second-order valence-electron chi connectivity index (χ2n) is 10.1. The number of nitrogens with zero attached hydrogens (tertiary/aromatic N) is 3. The van der Waals surface area contributed by atoms with Gasteiger partial charge in [-0.25, -0.2) is 4.68 Å². The van der Waals surface area contributed by atoms with Gasteiger partial charge in [-0.1, -0.05) is 52.3 Å². The lowest BCUT2D eigenvalue weighted by Gasteiger charge is -2.22. The molecule has 0 saturated carbocycles. The van der Waals surface area contributed by atoms with Crippen LogP contribution in [0.5, 0.6) is 11.5 Å². The average Bonchev–Trinajstić information content (AvgIpc) is 3.48. The quantitative estimate of drug-likeness (QED) is 0.476. The Balaban J connectivity index is 1.57. The third-order valence-corrected chi connectivity index (χ3v) is 6.11. The minimum Gasteiger partial charge on any atom is -0.454 e. The molecule has 2 aromatic carbocycles. The van der Waals surface area contributed by atoms with E-state index in [0.717, 1.165) is 29.8 Å². The maximum Gasteiger partial charge on any atom is 0.254 e.